The maximum Gasteiger partial charge on any atom is 0.159 e. The van der Waals surface area contributed by atoms with Crippen molar-refractivity contribution in [2.75, 3.05) is 26.9 Å². The Hall–Kier alpha value is -1.39. The largest absolute Gasteiger partial charge is 0.494 e. The third-order valence-corrected chi connectivity index (χ3v) is 3.58. The van der Waals surface area contributed by atoms with Crippen molar-refractivity contribution in [3.8, 4) is 5.75 Å². The summed E-state index contributed by atoms with van der Waals surface area (Å²) >= 11 is 0. The molecule has 0 fully saturated rings. The minimum Gasteiger partial charge on any atom is -0.494 e. The Morgan fingerprint density at radius 3 is 2.57 bits per heavy atom. The zero-order valence-corrected chi connectivity index (χ0v) is 13.8. The molecule has 0 heterocycles. The van der Waals surface area contributed by atoms with Crippen molar-refractivity contribution in [2.45, 2.75) is 40.3 Å². The fourth-order valence-electron chi connectivity index (χ4n) is 2.36. The average Bonchev–Trinajstić information content (AvgIpc) is 2.46. The summed E-state index contributed by atoms with van der Waals surface area (Å²) in [7, 11) is 1.71. The number of rotatable bonds is 9. The summed E-state index contributed by atoms with van der Waals surface area (Å²) in [5.74, 6) is 0.929. The summed E-state index contributed by atoms with van der Waals surface area (Å²) in [5, 5.41) is 0. The molecule has 0 saturated carbocycles. The number of Topliss-reactive ketones (excluding diaryl/α,β-unsaturated/α-hetero) is 1. The number of likely N-dealkylation sites (N-methyl/N-ethyl adjacent to an activating group) is 1. The van der Waals surface area contributed by atoms with E-state index in [0.717, 1.165) is 30.0 Å². The lowest BCUT2D eigenvalue weighted by Gasteiger charge is -2.28. The van der Waals surface area contributed by atoms with E-state index in [1.807, 2.05) is 25.1 Å². The highest BCUT2D eigenvalue weighted by Crippen LogP contribution is 2.23. The van der Waals surface area contributed by atoms with E-state index in [0.29, 0.717) is 19.3 Å². The molecule has 118 valence electrons. The second-order valence-electron chi connectivity index (χ2n) is 5.18. The second-order valence-corrected chi connectivity index (χ2v) is 5.18. The van der Waals surface area contributed by atoms with Gasteiger partial charge in [0.1, 0.15) is 5.75 Å². The number of ketones is 1. The SMILES string of the molecule is CCOc1ccc(C(C)=O)cc1CN(CC)C(C)COC. The molecule has 0 saturated heterocycles. The third kappa shape index (κ3) is 5.14. The van der Waals surface area contributed by atoms with Crippen LogP contribution < -0.4 is 4.74 Å². The van der Waals surface area contributed by atoms with E-state index in [1.54, 1.807) is 14.0 Å². The molecule has 0 aliphatic carbocycles. The second kappa shape index (κ2) is 8.80. The fourth-order valence-corrected chi connectivity index (χ4v) is 2.36. The molecule has 0 N–H and O–H groups in total. The highest BCUT2D eigenvalue weighted by molar-refractivity contribution is 5.94. The zero-order valence-electron chi connectivity index (χ0n) is 13.8. The molecule has 0 aromatic heterocycles. The molecule has 0 aliphatic heterocycles. The van der Waals surface area contributed by atoms with Crippen molar-refractivity contribution in [1.29, 1.82) is 0 Å². The number of carbonyl (C=O) groups excluding carboxylic acids is 1. The Morgan fingerprint density at radius 2 is 2.05 bits per heavy atom. The molecule has 4 heteroatoms. The summed E-state index contributed by atoms with van der Waals surface area (Å²) in [6, 6.07) is 5.97. The minimum atomic E-state index is 0.0762. The Kier molecular flexibility index (Phi) is 7.40. The smallest absolute Gasteiger partial charge is 0.159 e. The van der Waals surface area contributed by atoms with Crippen molar-refractivity contribution in [1.82, 2.24) is 4.90 Å². The van der Waals surface area contributed by atoms with Gasteiger partial charge in [0.15, 0.2) is 5.78 Å². The lowest BCUT2D eigenvalue weighted by Crippen LogP contribution is -2.35. The maximum atomic E-state index is 11.6. The van der Waals surface area contributed by atoms with E-state index in [2.05, 4.69) is 18.7 Å². The first-order chi connectivity index (χ1) is 10.0. The molecule has 0 amide bonds. The quantitative estimate of drug-likeness (QED) is 0.656. The van der Waals surface area contributed by atoms with Gasteiger partial charge in [-0.2, -0.15) is 0 Å². The Labute approximate surface area is 128 Å². The number of methoxy groups -OCH3 is 1. The highest BCUT2D eigenvalue weighted by Gasteiger charge is 2.16. The normalized spacial score (nSPS) is 12.5. The molecule has 1 unspecified atom stereocenters. The topological polar surface area (TPSA) is 38.8 Å². The van der Waals surface area contributed by atoms with Crippen LogP contribution in [0.1, 0.15) is 43.6 Å². The number of nitrogens with zero attached hydrogens (tertiary/aromatic N) is 1. The van der Waals surface area contributed by atoms with E-state index in [9.17, 15) is 4.79 Å². The van der Waals surface area contributed by atoms with Crippen molar-refractivity contribution >= 4 is 5.78 Å². The van der Waals surface area contributed by atoms with Crippen molar-refractivity contribution in [3.05, 3.63) is 29.3 Å². The van der Waals surface area contributed by atoms with E-state index in [1.165, 1.54) is 0 Å². The standard InChI is InChI=1S/C17H27NO3/c1-6-18(13(3)12-20-5)11-16-10-15(14(4)19)8-9-17(16)21-7-2/h8-10,13H,6-7,11-12H2,1-5H3. The first kappa shape index (κ1) is 17.7. The third-order valence-electron chi connectivity index (χ3n) is 3.58. The molecule has 4 nitrogen and oxygen atoms in total. The van der Waals surface area contributed by atoms with Gasteiger partial charge < -0.3 is 9.47 Å². The zero-order chi connectivity index (χ0) is 15.8. The van der Waals surface area contributed by atoms with Crippen LogP contribution in [0.15, 0.2) is 18.2 Å². The maximum absolute atomic E-state index is 11.6. The van der Waals surface area contributed by atoms with Crippen LogP contribution in [0.3, 0.4) is 0 Å². The van der Waals surface area contributed by atoms with E-state index in [-0.39, 0.29) is 5.78 Å². The molecule has 1 aromatic rings. The fraction of sp³-hybridized carbons (Fsp3) is 0.588. The number of benzene rings is 1. The van der Waals surface area contributed by atoms with Crippen molar-refractivity contribution < 1.29 is 14.3 Å². The number of hydrogen-bond donors (Lipinski definition) is 0. The average molecular weight is 293 g/mol. The molecule has 0 bridgehead atoms. The number of ether oxygens (including phenoxy) is 2. The molecule has 1 atom stereocenters. The van der Waals surface area contributed by atoms with Crippen LogP contribution in [0, 0.1) is 0 Å². The van der Waals surface area contributed by atoms with Crippen LogP contribution >= 0.6 is 0 Å². The van der Waals surface area contributed by atoms with Crippen LogP contribution in [0.25, 0.3) is 0 Å². The Morgan fingerprint density at radius 1 is 1.33 bits per heavy atom. The lowest BCUT2D eigenvalue weighted by atomic mass is 10.1. The molecule has 0 radical (unpaired) electrons. The van der Waals surface area contributed by atoms with Gasteiger partial charge >= 0.3 is 0 Å². The summed E-state index contributed by atoms with van der Waals surface area (Å²) < 4.78 is 10.9. The molecule has 21 heavy (non-hydrogen) atoms. The van der Waals surface area contributed by atoms with Gasteiger partial charge in [0.2, 0.25) is 0 Å². The van der Waals surface area contributed by atoms with Gasteiger partial charge in [-0.25, -0.2) is 0 Å². The predicted molar refractivity (Wildman–Crippen MR) is 85.0 cm³/mol. The van der Waals surface area contributed by atoms with Gasteiger partial charge in [-0.05, 0) is 45.5 Å². The van der Waals surface area contributed by atoms with Crippen LogP contribution in [-0.4, -0.2) is 43.6 Å². The van der Waals surface area contributed by atoms with Gasteiger partial charge in [0.05, 0.1) is 13.2 Å². The van der Waals surface area contributed by atoms with Gasteiger partial charge in [0, 0.05) is 30.8 Å². The van der Waals surface area contributed by atoms with Crippen LogP contribution in [-0.2, 0) is 11.3 Å². The molecular weight excluding hydrogens is 266 g/mol. The Balaban J connectivity index is 3.01. The van der Waals surface area contributed by atoms with Gasteiger partial charge in [-0.15, -0.1) is 0 Å². The first-order valence-corrected chi connectivity index (χ1v) is 7.53. The van der Waals surface area contributed by atoms with E-state index in [4.69, 9.17) is 9.47 Å². The predicted octanol–water partition coefficient (Wildman–Crippen LogP) is 3.14. The van der Waals surface area contributed by atoms with Gasteiger partial charge in [0.25, 0.3) is 0 Å². The molecule has 1 rings (SSSR count). The van der Waals surface area contributed by atoms with Gasteiger partial charge in [-0.3, -0.25) is 9.69 Å². The van der Waals surface area contributed by atoms with Crippen LogP contribution in [0.2, 0.25) is 0 Å². The number of hydrogen-bond acceptors (Lipinski definition) is 4. The Bertz CT molecular complexity index is 459. The summed E-state index contributed by atoms with van der Waals surface area (Å²) in [6.07, 6.45) is 0. The van der Waals surface area contributed by atoms with Crippen LogP contribution in [0.4, 0.5) is 0 Å². The summed E-state index contributed by atoms with van der Waals surface area (Å²) in [5.41, 5.74) is 1.78. The minimum absolute atomic E-state index is 0.0762. The lowest BCUT2D eigenvalue weighted by molar-refractivity contribution is 0.0972. The summed E-state index contributed by atoms with van der Waals surface area (Å²) in [6.45, 7) is 10.8. The van der Waals surface area contributed by atoms with Crippen LogP contribution in [0.5, 0.6) is 5.75 Å². The highest BCUT2D eigenvalue weighted by atomic mass is 16.5. The van der Waals surface area contributed by atoms with E-state index >= 15 is 0 Å². The van der Waals surface area contributed by atoms with Gasteiger partial charge in [-0.1, -0.05) is 6.92 Å². The van der Waals surface area contributed by atoms with Crippen molar-refractivity contribution in [2.24, 2.45) is 0 Å². The molecule has 0 spiro atoms. The monoisotopic (exact) mass is 293 g/mol. The first-order valence-electron chi connectivity index (χ1n) is 7.53. The number of carbonyl (C=O) groups is 1. The van der Waals surface area contributed by atoms with E-state index < -0.39 is 0 Å². The molecule has 0 aliphatic rings. The summed E-state index contributed by atoms with van der Waals surface area (Å²) in [4.78, 5) is 13.9. The molecule has 1 aromatic carbocycles. The molecular formula is C17H27NO3. The van der Waals surface area contributed by atoms with Crippen molar-refractivity contribution in [3.63, 3.8) is 0 Å².